The van der Waals surface area contributed by atoms with Crippen molar-refractivity contribution < 1.29 is 8.42 Å². The van der Waals surface area contributed by atoms with Crippen LogP contribution in [-0.4, -0.2) is 19.9 Å². The number of hydrogen-bond acceptors (Lipinski definition) is 4. The molecule has 1 aliphatic heterocycles. The van der Waals surface area contributed by atoms with Crippen LogP contribution in [0.15, 0.2) is 53.6 Å². The van der Waals surface area contributed by atoms with E-state index in [0.717, 1.165) is 0 Å². The molecule has 0 saturated carbocycles. The molecule has 2 aromatic rings. The van der Waals surface area contributed by atoms with Crippen molar-refractivity contribution in [1.29, 1.82) is 0 Å². The van der Waals surface area contributed by atoms with Crippen molar-refractivity contribution in [2.75, 3.05) is 11.9 Å². The first kappa shape index (κ1) is 11.2. The molecule has 4 nitrogen and oxygen atoms in total. The van der Waals surface area contributed by atoms with Crippen LogP contribution in [0.3, 0.4) is 0 Å². The molecule has 1 N–H and O–H groups in total. The van der Waals surface area contributed by atoms with Crippen LogP contribution >= 0.6 is 0 Å². The number of nitrogens with one attached hydrogen (secondary N) is 1. The Morgan fingerprint density at radius 3 is 2.67 bits per heavy atom. The lowest BCUT2D eigenvalue weighted by Crippen LogP contribution is -2.28. The van der Waals surface area contributed by atoms with Gasteiger partial charge in [-0.15, -0.1) is 0 Å². The Hall–Kier alpha value is -1.88. The maximum Gasteiger partial charge on any atom is 0.190 e. The van der Waals surface area contributed by atoms with E-state index in [0.29, 0.717) is 22.8 Å². The third-order valence-electron chi connectivity index (χ3n) is 3.06. The number of benzene rings is 1. The molecule has 0 spiro atoms. The summed E-state index contributed by atoms with van der Waals surface area (Å²) in [6.45, 7) is 0.358. The number of rotatable bonds is 1. The van der Waals surface area contributed by atoms with E-state index in [2.05, 4.69) is 10.3 Å². The van der Waals surface area contributed by atoms with Crippen LogP contribution in [0.5, 0.6) is 0 Å². The Kier molecular flexibility index (Phi) is 2.56. The Bertz CT molecular complexity index is 668. The van der Waals surface area contributed by atoms with Crippen molar-refractivity contribution in [3.8, 4) is 0 Å². The van der Waals surface area contributed by atoms with Crippen LogP contribution in [-0.2, 0) is 9.84 Å². The highest BCUT2D eigenvalue weighted by molar-refractivity contribution is 7.92. The molecule has 0 aliphatic carbocycles. The Balaban J connectivity index is 2.13. The Labute approximate surface area is 106 Å². The predicted octanol–water partition coefficient (Wildman–Crippen LogP) is 2.02. The standard InChI is InChI=1S/C13H12N2O2S/c16-18(17)12-7-2-1-5-10(12)15-9-13(18)11-6-3-4-8-14-11/h1-8,13,15H,9H2. The summed E-state index contributed by atoms with van der Waals surface area (Å²) < 4.78 is 25.0. The highest BCUT2D eigenvalue weighted by Gasteiger charge is 2.35. The number of anilines is 1. The van der Waals surface area contributed by atoms with Crippen molar-refractivity contribution in [3.05, 3.63) is 54.4 Å². The monoisotopic (exact) mass is 260 g/mol. The van der Waals surface area contributed by atoms with Crippen LogP contribution in [0, 0.1) is 0 Å². The van der Waals surface area contributed by atoms with Gasteiger partial charge in [0.2, 0.25) is 0 Å². The largest absolute Gasteiger partial charge is 0.382 e. The maximum atomic E-state index is 12.5. The average Bonchev–Trinajstić information content (AvgIpc) is 2.40. The molecule has 1 aliphatic rings. The van der Waals surface area contributed by atoms with Crippen LogP contribution < -0.4 is 5.32 Å². The van der Waals surface area contributed by atoms with E-state index in [1.54, 1.807) is 42.6 Å². The third-order valence-corrected chi connectivity index (χ3v) is 5.19. The molecule has 1 unspecified atom stereocenters. The molecule has 5 heteroatoms. The minimum atomic E-state index is -3.36. The van der Waals surface area contributed by atoms with Gasteiger partial charge in [0, 0.05) is 12.7 Å². The summed E-state index contributed by atoms with van der Waals surface area (Å²) in [5, 5.41) is 2.53. The zero-order valence-corrected chi connectivity index (χ0v) is 10.4. The zero-order chi connectivity index (χ0) is 12.6. The van der Waals surface area contributed by atoms with Crippen LogP contribution in [0.2, 0.25) is 0 Å². The number of fused-ring (bicyclic) bond motifs is 1. The van der Waals surface area contributed by atoms with Crippen molar-refractivity contribution in [2.24, 2.45) is 0 Å². The lowest BCUT2D eigenvalue weighted by atomic mass is 10.2. The summed E-state index contributed by atoms with van der Waals surface area (Å²) in [5.74, 6) is 0. The summed E-state index contributed by atoms with van der Waals surface area (Å²) in [6.07, 6.45) is 1.62. The number of hydrogen-bond donors (Lipinski definition) is 1. The topological polar surface area (TPSA) is 59.1 Å². The number of sulfone groups is 1. The van der Waals surface area contributed by atoms with Gasteiger partial charge in [-0.1, -0.05) is 18.2 Å². The number of nitrogens with zero attached hydrogens (tertiary/aromatic N) is 1. The lowest BCUT2D eigenvalue weighted by molar-refractivity contribution is 0.579. The molecule has 2 heterocycles. The minimum Gasteiger partial charge on any atom is -0.382 e. The quantitative estimate of drug-likeness (QED) is 0.852. The van der Waals surface area contributed by atoms with Gasteiger partial charge in [-0.2, -0.15) is 0 Å². The van der Waals surface area contributed by atoms with Gasteiger partial charge in [0.15, 0.2) is 9.84 Å². The second-order valence-electron chi connectivity index (χ2n) is 4.17. The van der Waals surface area contributed by atoms with Crippen LogP contribution in [0.4, 0.5) is 5.69 Å². The SMILES string of the molecule is O=S1(=O)c2ccccc2NCC1c1ccccn1. The number of para-hydroxylation sites is 1. The predicted molar refractivity (Wildman–Crippen MR) is 69.1 cm³/mol. The molecule has 0 bridgehead atoms. The van der Waals surface area contributed by atoms with E-state index in [1.807, 2.05) is 6.07 Å². The maximum absolute atomic E-state index is 12.5. The zero-order valence-electron chi connectivity index (χ0n) is 9.58. The smallest absolute Gasteiger partial charge is 0.190 e. The van der Waals surface area contributed by atoms with Gasteiger partial charge < -0.3 is 5.32 Å². The van der Waals surface area contributed by atoms with Crippen molar-refractivity contribution in [3.63, 3.8) is 0 Å². The summed E-state index contributed by atoms with van der Waals surface area (Å²) >= 11 is 0. The molecule has 1 aromatic heterocycles. The minimum absolute atomic E-state index is 0.354. The van der Waals surface area contributed by atoms with Crippen molar-refractivity contribution in [1.82, 2.24) is 4.98 Å². The van der Waals surface area contributed by atoms with Gasteiger partial charge in [0.05, 0.1) is 16.3 Å². The first-order chi connectivity index (χ1) is 8.69. The van der Waals surface area contributed by atoms with Gasteiger partial charge in [0.1, 0.15) is 5.25 Å². The second-order valence-corrected chi connectivity index (χ2v) is 6.26. The Morgan fingerprint density at radius 2 is 1.89 bits per heavy atom. The molecular formula is C13H12N2O2S. The fourth-order valence-electron chi connectivity index (χ4n) is 2.16. The molecule has 3 rings (SSSR count). The summed E-state index contributed by atoms with van der Waals surface area (Å²) in [7, 11) is -3.36. The third kappa shape index (κ3) is 1.67. The van der Waals surface area contributed by atoms with E-state index < -0.39 is 15.1 Å². The van der Waals surface area contributed by atoms with Gasteiger partial charge in [-0.3, -0.25) is 4.98 Å². The molecule has 1 aromatic carbocycles. The Morgan fingerprint density at radius 1 is 1.11 bits per heavy atom. The highest BCUT2D eigenvalue weighted by atomic mass is 32.2. The lowest BCUT2D eigenvalue weighted by Gasteiger charge is -2.25. The second kappa shape index (κ2) is 4.10. The van der Waals surface area contributed by atoms with E-state index in [1.165, 1.54) is 0 Å². The molecule has 18 heavy (non-hydrogen) atoms. The first-order valence-electron chi connectivity index (χ1n) is 5.67. The van der Waals surface area contributed by atoms with E-state index >= 15 is 0 Å². The van der Waals surface area contributed by atoms with E-state index in [9.17, 15) is 8.42 Å². The highest BCUT2D eigenvalue weighted by Crippen LogP contribution is 2.36. The molecule has 0 amide bonds. The molecule has 0 saturated heterocycles. The normalized spacial score (nSPS) is 20.8. The van der Waals surface area contributed by atoms with Gasteiger partial charge in [-0.05, 0) is 24.3 Å². The van der Waals surface area contributed by atoms with Crippen LogP contribution in [0.25, 0.3) is 0 Å². The van der Waals surface area contributed by atoms with Crippen molar-refractivity contribution >= 4 is 15.5 Å². The molecule has 0 radical (unpaired) electrons. The summed E-state index contributed by atoms with van der Waals surface area (Å²) in [4.78, 5) is 4.51. The fourth-order valence-corrected chi connectivity index (χ4v) is 3.94. The fraction of sp³-hybridized carbons (Fsp3) is 0.154. The van der Waals surface area contributed by atoms with Gasteiger partial charge >= 0.3 is 0 Å². The molecule has 92 valence electrons. The molecule has 0 fully saturated rings. The number of pyridine rings is 1. The van der Waals surface area contributed by atoms with E-state index in [4.69, 9.17) is 0 Å². The molecule has 1 atom stereocenters. The first-order valence-corrected chi connectivity index (χ1v) is 7.22. The number of aromatic nitrogens is 1. The van der Waals surface area contributed by atoms with Crippen molar-refractivity contribution in [2.45, 2.75) is 10.1 Å². The van der Waals surface area contributed by atoms with Crippen LogP contribution in [0.1, 0.15) is 10.9 Å². The molecular weight excluding hydrogens is 248 g/mol. The summed E-state index contributed by atoms with van der Waals surface area (Å²) in [5.41, 5.74) is 1.25. The summed E-state index contributed by atoms with van der Waals surface area (Å²) in [6, 6.07) is 12.3. The average molecular weight is 260 g/mol. The van der Waals surface area contributed by atoms with E-state index in [-0.39, 0.29) is 0 Å². The van der Waals surface area contributed by atoms with Gasteiger partial charge in [0.25, 0.3) is 0 Å². The van der Waals surface area contributed by atoms with Gasteiger partial charge in [-0.25, -0.2) is 8.42 Å².